The number of nitrogens with zero attached hydrogens (tertiary/aromatic N) is 3. The van der Waals surface area contributed by atoms with Crippen molar-refractivity contribution in [1.29, 1.82) is 5.26 Å². The second kappa shape index (κ2) is 5.92. The van der Waals surface area contributed by atoms with Gasteiger partial charge in [0.15, 0.2) is 0 Å². The SMILES string of the molecule is C=C(C)COc1cccc(-c2nc(N)nc(N)c2C#N)c1. The van der Waals surface area contributed by atoms with Crippen molar-refractivity contribution in [2.45, 2.75) is 6.92 Å². The Morgan fingerprint density at radius 3 is 2.81 bits per heavy atom. The Balaban J connectivity index is 2.45. The van der Waals surface area contributed by atoms with Crippen molar-refractivity contribution in [3.8, 4) is 23.1 Å². The number of hydrogen-bond donors (Lipinski definition) is 2. The van der Waals surface area contributed by atoms with Gasteiger partial charge < -0.3 is 16.2 Å². The largest absolute Gasteiger partial charge is 0.489 e. The van der Waals surface area contributed by atoms with E-state index >= 15 is 0 Å². The van der Waals surface area contributed by atoms with E-state index in [0.717, 1.165) is 5.57 Å². The number of ether oxygens (including phenoxy) is 1. The van der Waals surface area contributed by atoms with Gasteiger partial charge in [0, 0.05) is 5.56 Å². The van der Waals surface area contributed by atoms with Crippen LogP contribution in [-0.4, -0.2) is 16.6 Å². The molecule has 0 aliphatic heterocycles. The van der Waals surface area contributed by atoms with Crippen molar-refractivity contribution in [3.05, 3.63) is 42.0 Å². The van der Waals surface area contributed by atoms with Crippen molar-refractivity contribution in [3.63, 3.8) is 0 Å². The Morgan fingerprint density at radius 2 is 2.14 bits per heavy atom. The molecule has 106 valence electrons. The van der Waals surface area contributed by atoms with Crippen molar-refractivity contribution in [2.75, 3.05) is 18.1 Å². The first-order chi connectivity index (χ1) is 10.0. The highest BCUT2D eigenvalue weighted by molar-refractivity contribution is 5.73. The number of anilines is 2. The van der Waals surface area contributed by atoms with Gasteiger partial charge in [0.1, 0.15) is 29.8 Å². The van der Waals surface area contributed by atoms with Gasteiger partial charge in [-0.2, -0.15) is 10.2 Å². The molecule has 0 saturated carbocycles. The van der Waals surface area contributed by atoms with E-state index in [9.17, 15) is 5.26 Å². The molecule has 6 heteroatoms. The molecule has 0 unspecified atom stereocenters. The highest BCUT2D eigenvalue weighted by atomic mass is 16.5. The molecule has 0 spiro atoms. The molecule has 21 heavy (non-hydrogen) atoms. The molecular weight excluding hydrogens is 266 g/mol. The van der Waals surface area contributed by atoms with Crippen LogP contribution in [-0.2, 0) is 0 Å². The van der Waals surface area contributed by atoms with Gasteiger partial charge in [-0.15, -0.1) is 0 Å². The predicted octanol–water partition coefficient (Wildman–Crippen LogP) is 2.13. The predicted molar refractivity (Wildman–Crippen MR) is 81.3 cm³/mol. The standard InChI is InChI=1S/C15H15N5O/c1-9(2)8-21-11-5-3-4-10(6-11)13-12(7-16)14(17)20-15(18)19-13/h3-6H,1,8H2,2H3,(H4,17,18,19,20). The lowest BCUT2D eigenvalue weighted by Crippen LogP contribution is -2.05. The summed E-state index contributed by atoms with van der Waals surface area (Å²) in [4.78, 5) is 7.89. The molecule has 2 aromatic rings. The third-order valence-electron chi connectivity index (χ3n) is 2.66. The molecule has 0 radical (unpaired) electrons. The third kappa shape index (κ3) is 3.28. The molecule has 0 bridgehead atoms. The molecule has 0 amide bonds. The van der Waals surface area contributed by atoms with E-state index in [-0.39, 0.29) is 17.3 Å². The summed E-state index contributed by atoms with van der Waals surface area (Å²) in [7, 11) is 0. The first-order valence-corrected chi connectivity index (χ1v) is 6.22. The van der Waals surface area contributed by atoms with E-state index in [1.807, 2.05) is 19.1 Å². The number of rotatable bonds is 4. The van der Waals surface area contributed by atoms with Gasteiger partial charge in [0.25, 0.3) is 0 Å². The highest BCUT2D eigenvalue weighted by Crippen LogP contribution is 2.28. The molecule has 1 aromatic heterocycles. The van der Waals surface area contributed by atoms with Crippen LogP contribution in [0.25, 0.3) is 11.3 Å². The van der Waals surface area contributed by atoms with E-state index in [4.69, 9.17) is 16.2 Å². The van der Waals surface area contributed by atoms with Crippen molar-refractivity contribution >= 4 is 11.8 Å². The Kier molecular flexibility index (Phi) is 4.05. The summed E-state index contributed by atoms with van der Waals surface area (Å²) >= 11 is 0. The third-order valence-corrected chi connectivity index (χ3v) is 2.66. The topological polar surface area (TPSA) is 111 Å². The lowest BCUT2D eigenvalue weighted by atomic mass is 10.1. The zero-order valence-corrected chi connectivity index (χ0v) is 11.6. The molecule has 2 rings (SSSR count). The average molecular weight is 281 g/mol. The van der Waals surface area contributed by atoms with E-state index in [0.29, 0.717) is 23.6 Å². The lowest BCUT2D eigenvalue weighted by Gasteiger charge is -2.09. The molecule has 0 fully saturated rings. The number of hydrogen-bond acceptors (Lipinski definition) is 6. The van der Waals surface area contributed by atoms with Gasteiger partial charge in [0.2, 0.25) is 5.95 Å². The molecule has 0 saturated heterocycles. The van der Waals surface area contributed by atoms with Gasteiger partial charge in [-0.3, -0.25) is 0 Å². The van der Waals surface area contributed by atoms with E-state index < -0.39 is 0 Å². The summed E-state index contributed by atoms with van der Waals surface area (Å²) in [5.74, 6) is 0.734. The molecular formula is C15H15N5O. The van der Waals surface area contributed by atoms with E-state index in [2.05, 4.69) is 16.5 Å². The van der Waals surface area contributed by atoms with E-state index in [1.165, 1.54) is 0 Å². The van der Waals surface area contributed by atoms with Gasteiger partial charge in [-0.1, -0.05) is 18.7 Å². The fraction of sp³-hybridized carbons (Fsp3) is 0.133. The van der Waals surface area contributed by atoms with Crippen LogP contribution in [0.5, 0.6) is 5.75 Å². The Labute approximate surface area is 122 Å². The number of nitriles is 1. The van der Waals surface area contributed by atoms with Crippen LogP contribution in [0.15, 0.2) is 36.4 Å². The fourth-order valence-electron chi connectivity index (χ4n) is 1.75. The number of aromatic nitrogens is 2. The first kappa shape index (κ1) is 14.3. The maximum atomic E-state index is 9.20. The smallest absolute Gasteiger partial charge is 0.222 e. The molecule has 0 aliphatic rings. The molecule has 6 nitrogen and oxygen atoms in total. The minimum atomic E-state index is 0.0229. The normalized spacial score (nSPS) is 9.90. The second-order valence-corrected chi connectivity index (χ2v) is 4.58. The summed E-state index contributed by atoms with van der Waals surface area (Å²) in [6.45, 7) is 6.08. The van der Waals surface area contributed by atoms with Crippen molar-refractivity contribution in [2.24, 2.45) is 0 Å². The Bertz CT molecular complexity index is 733. The zero-order chi connectivity index (χ0) is 15.4. The molecule has 1 heterocycles. The maximum Gasteiger partial charge on any atom is 0.222 e. The quantitative estimate of drug-likeness (QED) is 0.830. The van der Waals surface area contributed by atoms with E-state index in [1.54, 1.807) is 18.2 Å². The van der Waals surface area contributed by atoms with Crippen LogP contribution < -0.4 is 16.2 Å². The lowest BCUT2D eigenvalue weighted by molar-refractivity contribution is 0.353. The second-order valence-electron chi connectivity index (χ2n) is 4.58. The fourth-order valence-corrected chi connectivity index (χ4v) is 1.75. The molecule has 0 atom stereocenters. The van der Waals surface area contributed by atoms with Gasteiger partial charge >= 0.3 is 0 Å². The summed E-state index contributed by atoms with van der Waals surface area (Å²) in [6.07, 6.45) is 0. The zero-order valence-electron chi connectivity index (χ0n) is 11.6. The van der Waals surface area contributed by atoms with Crippen LogP contribution in [0.2, 0.25) is 0 Å². The summed E-state index contributed by atoms with van der Waals surface area (Å²) in [5.41, 5.74) is 13.5. The van der Waals surface area contributed by atoms with Crippen molar-refractivity contribution < 1.29 is 4.74 Å². The first-order valence-electron chi connectivity index (χ1n) is 6.22. The van der Waals surface area contributed by atoms with Crippen LogP contribution in [0.3, 0.4) is 0 Å². The van der Waals surface area contributed by atoms with Crippen molar-refractivity contribution in [1.82, 2.24) is 9.97 Å². The number of nitrogen functional groups attached to an aromatic ring is 2. The average Bonchev–Trinajstić information content (AvgIpc) is 2.44. The van der Waals surface area contributed by atoms with Crippen LogP contribution >= 0.6 is 0 Å². The summed E-state index contributed by atoms with van der Waals surface area (Å²) in [5, 5.41) is 9.20. The van der Waals surface area contributed by atoms with Gasteiger partial charge in [0.05, 0.1) is 5.69 Å². The highest BCUT2D eigenvalue weighted by Gasteiger charge is 2.13. The van der Waals surface area contributed by atoms with Crippen LogP contribution in [0.4, 0.5) is 11.8 Å². The van der Waals surface area contributed by atoms with Crippen LogP contribution in [0, 0.1) is 11.3 Å². The maximum absolute atomic E-state index is 9.20. The number of benzene rings is 1. The molecule has 4 N–H and O–H groups in total. The number of nitrogens with two attached hydrogens (primary N) is 2. The monoisotopic (exact) mass is 281 g/mol. The van der Waals surface area contributed by atoms with Gasteiger partial charge in [-0.05, 0) is 24.6 Å². The molecule has 1 aromatic carbocycles. The molecule has 0 aliphatic carbocycles. The van der Waals surface area contributed by atoms with Crippen LogP contribution in [0.1, 0.15) is 12.5 Å². The summed E-state index contributed by atoms with van der Waals surface area (Å²) < 4.78 is 5.58. The minimum absolute atomic E-state index is 0.0229. The Morgan fingerprint density at radius 1 is 1.38 bits per heavy atom. The minimum Gasteiger partial charge on any atom is -0.489 e. The van der Waals surface area contributed by atoms with Gasteiger partial charge in [-0.25, -0.2) is 4.98 Å². The summed E-state index contributed by atoms with van der Waals surface area (Å²) in [6, 6.07) is 9.19. The Hall–Kier alpha value is -3.07.